The van der Waals surface area contributed by atoms with Crippen molar-refractivity contribution >= 4 is 17.6 Å². The van der Waals surface area contributed by atoms with Crippen LogP contribution in [0.1, 0.15) is 44.7 Å². The predicted molar refractivity (Wildman–Crippen MR) is 103 cm³/mol. The van der Waals surface area contributed by atoms with Crippen LogP contribution in [0.3, 0.4) is 0 Å². The molecule has 8 heteroatoms. The van der Waals surface area contributed by atoms with E-state index in [-0.39, 0.29) is 6.04 Å². The van der Waals surface area contributed by atoms with E-state index in [1.807, 2.05) is 12.1 Å². The van der Waals surface area contributed by atoms with Gasteiger partial charge < -0.3 is 19.8 Å². The summed E-state index contributed by atoms with van der Waals surface area (Å²) < 4.78 is 5.57. The number of hydrogen-bond acceptors (Lipinski definition) is 6. The SMILES string of the molecule is [C-]#[N+]C1(c2cc(N3CCOC[C@H]3C)nc(Nc3ccn[nH]3)n2)CCCCC1. The van der Waals surface area contributed by atoms with Gasteiger partial charge in [-0.3, -0.25) is 5.10 Å². The number of nitrogens with zero attached hydrogens (tertiary/aromatic N) is 5. The van der Waals surface area contributed by atoms with Gasteiger partial charge in [-0.25, -0.2) is 11.6 Å². The molecule has 0 amide bonds. The zero-order valence-corrected chi connectivity index (χ0v) is 15.6. The zero-order chi connectivity index (χ0) is 18.7. The van der Waals surface area contributed by atoms with Crippen LogP contribution in [0.5, 0.6) is 0 Å². The lowest BCUT2D eigenvalue weighted by atomic mass is 9.80. The number of anilines is 3. The minimum Gasteiger partial charge on any atom is -0.377 e. The lowest BCUT2D eigenvalue weighted by molar-refractivity contribution is 0.0985. The Labute approximate surface area is 159 Å². The van der Waals surface area contributed by atoms with E-state index >= 15 is 0 Å². The summed E-state index contributed by atoms with van der Waals surface area (Å²) in [5.74, 6) is 2.08. The summed E-state index contributed by atoms with van der Waals surface area (Å²) in [4.78, 5) is 15.8. The molecule has 2 fully saturated rings. The van der Waals surface area contributed by atoms with Gasteiger partial charge in [0.1, 0.15) is 17.3 Å². The molecule has 1 aliphatic carbocycles. The van der Waals surface area contributed by atoms with Crippen LogP contribution in [0, 0.1) is 6.57 Å². The van der Waals surface area contributed by atoms with Gasteiger partial charge in [0.2, 0.25) is 5.95 Å². The third-order valence-corrected chi connectivity index (χ3v) is 5.49. The van der Waals surface area contributed by atoms with Crippen LogP contribution in [0.4, 0.5) is 17.6 Å². The Hall–Kier alpha value is -2.66. The molecular formula is C19H25N7O. The summed E-state index contributed by atoms with van der Waals surface area (Å²) in [7, 11) is 0. The third-order valence-electron chi connectivity index (χ3n) is 5.49. The summed E-state index contributed by atoms with van der Waals surface area (Å²) in [6.45, 7) is 12.2. The summed E-state index contributed by atoms with van der Waals surface area (Å²) in [5, 5.41) is 10.0. The molecule has 1 saturated heterocycles. The van der Waals surface area contributed by atoms with Gasteiger partial charge in [0.25, 0.3) is 5.54 Å². The monoisotopic (exact) mass is 367 g/mol. The average Bonchev–Trinajstić information content (AvgIpc) is 3.21. The first-order chi connectivity index (χ1) is 13.2. The van der Waals surface area contributed by atoms with Gasteiger partial charge in [-0.15, -0.1) is 0 Å². The largest absolute Gasteiger partial charge is 0.377 e. The second-order valence-electron chi connectivity index (χ2n) is 7.35. The molecule has 1 saturated carbocycles. The molecular weight excluding hydrogens is 342 g/mol. The molecule has 4 rings (SSSR count). The van der Waals surface area contributed by atoms with E-state index < -0.39 is 5.54 Å². The number of ether oxygens (including phenoxy) is 1. The van der Waals surface area contributed by atoms with E-state index in [1.54, 1.807) is 6.20 Å². The van der Waals surface area contributed by atoms with Crippen molar-refractivity contribution in [2.24, 2.45) is 0 Å². The molecule has 27 heavy (non-hydrogen) atoms. The highest BCUT2D eigenvalue weighted by Gasteiger charge is 2.42. The van der Waals surface area contributed by atoms with E-state index in [1.165, 1.54) is 6.42 Å². The van der Waals surface area contributed by atoms with Crippen molar-refractivity contribution in [1.82, 2.24) is 20.2 Å². The van der Waals surface area contributed by atoms with Gasteiger partial charge in [0.05, 0.1) is 25.5 Å². The Bertz CT molecular complexity index is 808. The second-order valence-corrected chi connectivity index (χ2v) is 7.35. The number of hydrogen-bond donors (Lipinski definition) is 2. The lowest BCUT2D eigenvalue weighted by Gasteiger charge is -2.35. The van der Waals surface area contributed by atoms with Gasteiger partial charge in [-0.2, -0.15) is 10.1 Å². The van der Waals surface area contributed by atoms with E-state index in [4.69, 9.17) is 21.3 Å². The van der Waals surface area contributed by atoms with Crippen molar-refractivity contribution in [3.05, 3.63) is 35.4 Å². The quantitative estimate of drug-likeness (QED) is 0.807. The fourth-order valence-electron chi connectivity index (χ4n) is 3.95. The standard InChI is InChI=1S/C19H25N7O/c1-14-13-27-11-10-26(14)17-12-15(19(20-2)7-4-3-5-8-19)22-18(24-17)23-16-6-9-21-25-16/h6,9,12,14H,3-5,7-8,10-11,13H2,1H3,(H2,21,22,23,24,25)/t14-/m1/s1. The first-order valence-electron chi connectivity index (χ1n) is 9.59. The van der Waals surface area contributed by atoms with Crippen LogP contribution < -0.4 is 10.2 Å². The number of aromatic amines is 1. The van der Waals surface area contributed by atoms with Crippen molar-refractivity contribution in [1.29, 1.82) is 0 Å². The van der Waals surface area contributed by atoms with Crippen LogP contribution in [0.2, 0.25) is 0 Å². The first-order valence-corrected chi connectivity index (χ1v) is 9.59. The predicted octanol–water partition coefficient (Wildman–Crippen LogP) is 3.25. The topological polar surface area (TPSA) is 83.3 Å². The first kappa shape index (κ1) is 17.7. The summed E-state index contributed by atoms with van der Waals surface area (Å²) in [6, 6.07) is 4.08. The zero-order valence-electron chi connectivity index (χ0n) is 15.6. The van der Waals surface area contributed by atoms with Crippen LogP contribution in [-0.4, -0.2) is 46.0 Å². The maximum absolute atomic E-state index is 7.90. The fourth-order valence-corrected chi connectivity index (χ4v) is 3.95. The van der Waals surface area contributed by atoms with Crippen LogP contribution in [0.25, 0.3) is 4.85 Å². The van der Waals surface area contributed by atoms with E-state index in [2.05, 4.69) is 32.2 Å². The molecule has 0 unspecified atom stereocenters. The fraction of sp³-hybridized carbons (Fsp3) is 0.579. The van der Waals surface area contributed by atoms with E-state index in [0.29, 0.717) is 19.2 Å². The Morgan fingerprint density at radius 1 is 1.33 bits per heavy atom. The smallest absolute Gasteiger partial charge is 0.274 e. The maximum Gasteiger partial charge on any atom is 0.274 e. The van der Waals surface area contributed by atoms with Crippen molar-refractivity contribution in [3.8, 4) is 0 Å². The van der Waals surface area contributed by atoms with Gasteiger partial charge >= 0.3 is 0 Å². The van der Waals surface area contributed by atoms with Crippen molar-refractivity contribution in [2.45, 2.75) is 50.6 Å². The minimum absolute atomic E-state index is 0.233. The molecule has 8 nitrogen and oxygen atoms in total. The van der Waals surface area contributed by atoms with Crippen LogP contribution >= 0.6 is 0 Å². The molecule has 2 aliphatic rings. The molecule has 0 spiro atoms. The van der Waals surface area contributed by atoms with Gasteiger partial charge in [0, 0.05) is 31.5 Å². The number of aromatic nitrogens is 4. The van der Waals surface area contributed by atoms with E-state index in [9.17, 15) is 0 Å². The molecule has 2 aromatic heterocycles. The Balaban J connectivity index is 1.75. The van der Waals surface area contributed by atoms with Gasteiger partial charge in [0.15, 0.2) is 0 Å². The molecule has 1 atom stereocenters. The van der Waals surface area contributed by atoms with E-state index in [0.717, 1.165) is 49.6 Å². The molecule has 2 N–H and O–H groups in total. The average molecular weight is 367 g/mol. The lowest BCUT2D eigenvalue weighted by Crippen LogP contribution is -2.44. The van der Waals surface area contributed by atoms with Gasteiger partial charge in [-0.1, -0.05) is 6.42 Å². The highest BCUT2D eigenvalue weighted by molar-refractivity contribution is 5.53. The Morgan fingerprint density at radius 2 is 2.19 bits per heavy atom. The molecule has 142 valence electrons. The number of rotatable bonds is 4. The third kappa shape index (κ3) is 3.60. The summed E-state index contributed by atoms with van der Waals surface area (Å²) in [5.41, 5.74) is 0.276. The van der Waals surface area contributed by atoms with Crippen molar-refractivity contribution in [3.63, 3.8) is 0 Å². The Kier molecular flexibility index (Phi) is 4.94. The number of morpholine rings is 1. The van der Waals surface area contributed by atoms with Crippen molar-refractivity contribution < 1.29 is 4.74 Å². The minimum atomic E-state index is -0.546. The maximum atomic E-state index is 7.90. The highest BCUT2D eigenvalue weighted by atomic mass is 16.5. The normalized spacial score (nSPS) is 22.2. The second kappa shape index (κ2) is 7.53. The molecule has 1 aliphatic heterocycles. The van der Waals surface area contributed by atoms with Crippen molar-refractivity contribution in [2.75, 3.05) is 30.0 Å². The van der Waals surface area contributed by atoms with Crippen LogP contribution in [0.15, 0.2) is 18.3 Å². The molecule has 0 bridgehead atoms. The number of H-pyrrole nitrogens is 1. The molecule has 2 aromatic rings. The highest BCUT2D eigenvalue weighted by Crippen LogP contribution is 2.41. The van der Waals surface area contributed by atoms with Gasteiger partial charge in [-0.05, 0) is 19.8 Å². The van der Waals surface area contributed by atoms with Crippen LogP contribution in [-0.2, 0) is 10.3 Å². The number of nitrogens with one attached hydrogen (secondary N) is 2. The summed E-state index contributed by atoms with van der Waals surface area (Å²) >= 11 is 0. The molecule has 3 heterocycles. The molecule has 0 aromatic carbocycles. The Morgan fingerprint density at radius 3 is 2.89 bits per heavy atom. The molecule has 0 radical (unpaired) electrons. The summed E-state index contributed by atoms with van der Waals surface area (Å²) in [6.07, 6.45) is 6.72.